The first kappa shape index (κ1) is 8.17. The van der Waals surface area contributed by atoms with Crippen LogP contribution in [0.4, 0.5) is 4.79 Å². The molecular weight excluding hydrogens is 144 g/mol. The van der Waals surface area contributed by atoms with E-state index in [4.69, 9.17) is 0 Å². The standard InChI is InChI=1S/C7H12N2O2/c1-5-3-4-6(2)9(5)7(10)8-11/h5-6H,3-4H2,1-2H3/t5-,6-/m1/s1. The van der Waals surface area contributed by atoms with Gasteiger partial charge in [-0.2, -0.15) is 0 Å². The van der Waals surface area contributed by atoms with Crippen molar-refractivity contribution in [2.24, 2.45) is 5.18 Å². The number of nitroso groups, excluding NO2 is 1. The normalized spacial score (nSPS) is 30.5. The van der Waals surface area contributed by atoms with E-state index in [1.165, 1.54) is 0 Å². The van der Waals surface area contributed by atoms with E-state index in [-0.39, 0.29) is 12.1 Å². The van der Waals surface area contributed by atoms with Crippen molar-refractivity contribution in [1.82, 2.24) is 4.90 Å². The van der Waals surface area contributed by atoms with Crippen LogP contribution in [0.2, 0.25) is 0 Å². The molecule has 62 valence electrons. The molecule has 1 saturated heterocycles. The highest BCUT2D eigenvalue weighted by Gasteiger charge is 2.31. The van der Waals surface area contributed by atoms with Gasteiger partial charge < -0.3 is 4.90 Å². The maximum absolute atomic E-state index is 10.9. The second-order valence-electron chi connectivity index (χ2n) is 3.06. The topological polar surface area (TPSA) is 49.7 Å². The zero-order valence-corrected chi connectivity index (χ0v) is 6.78. The fraction of sp³-hybridized carbons (Fsp3) is 0.857. The van der Waals surface area contributed by atoms with Gasteiger partial charge >= 0.3 is 6.03 Å². The summed E-state index contributed by atoms with van der Waals surface area (Å²) in [5, 5.41) is 2.41. The molecule has 4 nitrogen and oxygen atoms in total. The lowest BCUT2D eigenvalue weighted by molar-refractivity contribution is 0.190. The molecule has 2 amide bonds. The molecule has 1 fully saturated rings. The first-order valence-electron chi connectivity index (χ1n) is 3.82. The third-order valence-electron chi connectivity index (χ3n) is 2.25. The Labute approximate surface area is 65.5 Å². The molecule has 1 aliphatic rings. The molecule has 0 radical (unpaired) electrons. The summed E-state index contributed by atoms with van der Waals surface area (Å²) in [5.41, 5.74) is 0. The number of rotatable bonds is 0. The van der Waals surface area contributed by atoms with Crippen molar-refractivity contribution < 1.29 is 4.79 Å². The second kappa shape index (κ2) is 2.98. The number of nitrogens with zero attached hydrogens (tertiary/aromatic N) is 2. The molecule has 0 N–H and O–H groups in total. The van der Waals surface area contributed by atoms with Gasteiger partial charge in [-0.1, -0.05) is 0 Å². The van der Waals surface area contributed by atoms with Crippen molar-refractivity contribution in [1.29, 1.82) is 0 Å². The van der Waals surface area contributed by atoms with E-state index in [1.54, 1.807) is 4.90 Å². The smallest absolute Gasteiger partial charge is 0.315 e. The second-order valence-corrected chi connectivity index (χ2v) is 3.06. The summed E-state index contributed by atoms with van der Waals surface area (Å²) in [4.78, 5) is 22.4. The van der Waals surface area contributed by atoms with E-state index in [9.17, 15) is 9.70 Å². The first-order chi connectivity index (χ1) is 5.16. The summed E-state index contributed by atoms with van der Waals surface area (Å²) in [6.07, 6.45) is 1.95. The summed E-state index contributed by atoms with van der Waals surface area (Å²) >= 11 is 0. The minimum atomic E-state index is -0.623. The highest BCUT2D eigenvalue weighted by molar-refractivity contribution is 5.75. The van der Waals surface area contributed by atoms with Crippen LogP contribution in [0.3, 0.4) is 0 Å². The van der Waals surface area contributed by atoms with Gasteiger partial charge in [0.2, 0.25) is 0 Å². The van der Waals surface area contributed by atoms with Crippen LogP contribution in [0.5, 0.6) is 0 Å². The number of amides is 2. The SMILES string of the molecule is C[C@@H]1CC[C@@H](C)N1C(=O)N=O. The molecule has 0 bridgehead atoms. The van der Waals surface area contributed by atoms with Gasteiger partial charge in [0.15, 0.2) is 0 Å². The van der Waals surface area contributed by atoms with Crippen LogP contribution in [0.15, 0.2) is 5.18 Å². The van der Waals surface area contributed by atoms with E-state index in [1.807, 2.05) is 13.8 Å². The molecule has 2 atom stereocenters. The molecule has 4 heteroatoms. The molecule has 0 saturated carbocycles. The van der Waals surface area contributed by atoms with Crippen molar-refractivity contribution in [3.8, 4) is 0 Å². The van der Waals surface area contributed by atoms with Gasteiger partial charge in [0.05, 0.1) is 0 Å². The predicted molar refractivity (Wildman–Crippen MR) is 41.2 cm³/mol. The lowest BCUT2D eigenvalue weighted by atomic mass is 10.2. The zero-order valence-electron chi connectivity index (χ0n) is 6.78. The molecule has 0 aromatic heterocycles. The first-order valence-corrected chi connectivity index (χ1v) is 3.82. The Morgan fingerprint density at radius 3 is 2.18 bits per heavy atom. The van der Waals surface area contributed by atoms with Crippen molar-refractivity contribution in [3.63, 3.8) is 0 Å². The highest BCUT2D eigenvalue weighted by atomic mass is 16.3. The quantitative estimate of drug-likeness (QED) is 0.501. The Kier molecular flexibility index (Phi) is 2.22. The van der Waals surface area contributed by atoms with Crippen LogP contribution in [0.25, 0.3) is 0 Å². The van der Waals surface area contributed by atoms with E-state index in [2.05, 4.69) is 5.18 Å². The number of likely N-dealkylation sites (tertiary alicyclic amines) is 1. The van der Waals surface area contributed by atoms with Crippen LogP contribution in [0.1, 0.15) is 26.7 Å². The molecule has 0 aliphatic carbocycles. The Morgan fingerprint density at radius 2 is 1.82 bits per heavy atom. The minimum Gasteiger partial charge on any atom is -0.315 e. The summed E-state index contributed by atoms with van der Waals surface area (Å²) in [6.45, 7) is 3.87. The summed E-state index contributed by atoms with van der Waals surface area (Å²) in [6, 6.07) is -0.270. The van der Waals surface area contributed by atoms with Gasteiger partial charge in [0.1, 0.15) is 0 Å². The maximum Gasteiger partial charge on any atom is 0.381 e. The fourth-order valence-corrected chi connectivity index (χ4v) is 1.62. The van der Waals surface area contributed by atoms with Crippen LogP contribution < -0.4 is 0 Å². The van der Waals surface area contributed by atoms with Crippen LogP contribution >= 0.6 is 0 Å². The Balaban J connectivity index is 2.67. The lowest BCUT2D eigenvalue weighted by Gasteiger charge is -2.21. The van der Waals surface area contributed by atoms with E-state index in [0.717, 1.165) is 12.8 Å². The zero-order chi connectivity index (χ0) is 8.43. The summed E-state index contributed by atoms with van der Waals surface area (Å²) in [7, 11) is 0. The van der Waals surface area contributed by atoms with Crippen LogP contribution in [-0.4, -0.2) is 23.0 Å². The van der Waals surface area contributed by atoms with Crippen molar-refractivity contribution in [2.75, 3.05) is 0 Å². The molecular formula is C7H12N2O2. The maximum atomic E-state index is 10.9. The molecule has 0 aromatic rings. The molecule has 11 heavy (non-hydrogen) atoms. The Morgan fingerprint density at radius 1 is 1.36 bits per heavy atom. The van der Waals surface area contributed by atoms with Gasteiger partial charge in [-0.15, -0.1) is 4.91 Å². The minimum absolute atomic E-state index is 0.176. The van der Waals surface area contributed by atoms with Crippen LogP contribution in [-0.2, 0) is 0 Å². The highest BCUT2D eigenvalue weighted by Crippen LogP contribution is 2.23. The van der Waals surface area contributed by atoms with Gasteiger partial charge in [-0.25, -0.2) is 4.79 Å². The van der Waals surface area contributed by atoms with Gasteiger partial charge in [0.25, 0.3) is 0 Å². The molecule has 0 aromatic carbocycles. The van der Waals surface area contributed by atoms with Crippen molar-refractivity contribution in [2.45, 2.75) is 38.8 Å². The average Bonchev–Trinajstić information content (AvgIpc) is 2.30. The largest absolute Gasteiger partial charge is 0.381 e. The van der Waals surface area contributed by atoms with E-state index >= 15 is 0 Å². The van der Waals surface area contributed by atoms with Gasteiger partial charge in [-0.3, -0.25) is 0 Å². The lowest BCUT2D eigenvalue weighted by Crippen LogP contribution is -2.36. The van der Waals surface area contributed by atoms with Gasteiger partial charge in [-0.05, 0) is 26.7 Å². The summed E-state index contributed by atoms with van der Waals surface area (Å²) < 4.78 is 0. The fourth-order valence-electron chi connectivity index (χ4n) is 1.62. The number of carbonyl (C=O) groups is 1. The molecule has 1 aliphatic heterocycles. The summed E-state index contributed by atoms with van der Waals surface area (Å²) in [5.74, 6) is 0. The Hall–Kier alpha value is -0.930. The van der Waals surface area contributed by atoms with Crippen molar-refractivity contribution >= 4 is 6.03 Å². The average molecular weight is 156 g/mol. The van der Waals surface area contributed by atoms with E-state index in [0.29, 0.717) is 0 Å². The monoisotopic (exact) mass is 156 g/mol. The molecule has 0 spiro atoms. The third kappa shape index (κ3) is 1.39. The number of urea groups is 1. The van der Waals surface area contributed by atoms with E-state index < -0.39 is 6.03 Å². The molecule has 0 unspecified atom stereocenters. The number of hydrogen-bond donors (Lipinski definition) is 0. The third-order valence-corrected chi connectivity index (χ3v) is 2.25. The van der Waals surface area contributed by atoms with Crippen LogP contribution in [0, 0.1) is 4.91 Å². The van der Waals surface area contributed by atoms with Crippen molar-refractivity contribution in [3.05, 3.63) is 4.91 Å². The van der Waals surface area contributed by atoms with Gasteiger partial charge in [0, 0.05) is 17.3 Å². The molecule has 1 heterocycles. The Bertz CT molecular complexity index is 171. The number of hydrogen-bond acceptors (Lipinski definition) is 2. The number of carbonyl (C=O) groups excluding carboxylic acids is 1. The molecule has 1 rings (SSSR count). The predicted octanol–water partition coefficient (Wildman–Crippen LogP) is 1.75.